The summed E-state index contributed by atoms with van der Waals surface area (Å²) in [5.74, 6) is 1.53. The van der Waals surface area contributed by atoms with Gasteiger partial charge in [-0.25, -0.2) is 4.98 Å². The summed E-state index contributed by atoms with van der Waals surface area (Å²) >= 11 is 5.13. The molecular weight excluding hydrogens is 535 g/mol. The first-order chi connectivity index (χ1) is 18.7. The maximum atomic E-state index is 13.7. The lowest BCUT2D eigenvalue weighted by molar-refractivity contribution is -0.126. The van der Waals surface area contributed by atoms with Crippen molar-refractivity contribution in [1.29, 1.82) is 0 Å². The zero-order valence-electron chi connectivity index (χ0n) is 20.7. The normalized spacial score (nSPS) is 13.1. The molecular formula is C29H29N3O3S3. The predicted molar refractivity (Wildman–Crippen MR) is 156 cm³/mol. The average Bonchev–Trinajstić information content (AvgIpc) is 3.72. The lowest BCUT2D eigenvalue weighted by Crippen LogP contribution is -2.48. The molecule has 6 nitrogen and oxygen atoms in total. The fourth-order valence-corrected chi connectivity index (χ4v) is 6.72. The second-order valence-corrected chi connectivity index (χ2v) is 12.0. The number of benzene rings is 2. The molecule has 2 aromatic carbocycles. The predicted octanol–water partition coefficient (Wildman–Crippen LogP) is 6.10. The maximum Gasteiger partial charge on any atom is 0.238 e. The summed E-state index contributed by atoms with van der Waals surface area (Å²) in [4.78, 5) is 22.7. The van der Waals surface area contributed by atoms with Crippen LogP contribution in [0.5, 0.6) is 0 Å². The largest absolute Gasteiger partial charge is 0.438 e. The molecule has 2 unspecified atom stereocenters. The highest BCUT2D eigenvalue weighted by atomic mass is 32.2. The molecule has 38 heavy (non-hydrogen) atoms. The summed E-state index contributed by atoms with van der Waals surface area (Å²) in [5.41, 5.74) is 2.52. The number of aromatic nitrogens is 1. The lowest BCUT2D eigenvalue weighted by atomic mass is 10.2. The molecule has 5 aromatic rings. The summed E-state index contributed by atoms with van der Waals surface area (Å²) in [6, 6.07) is 25.6. The number of amides is 1. The van der Waals surface area contributed by atoms with Crippen LogP contribution in [0.15, 0.2) is 94.0 Å². The Hall–Kier alpha value is -2.95. The third-order valence-electron chi connectivity index (χ3n) is 6.07. The summed E-state index contributed by atoms with van der Waals surface area (Å²) in [7, 11) is 0. The van der Waals surface area contributed by atoms with Crippen molar-refractivity contribution in [3.8, 4) is 0 Å². The summed E-state index contributed by atoms with van der Waals surface area (Å²) < 4.78 is 5.70. The summed E-state index contributed by atoms with van der Waals surface area (Å²) in [6.07, 6.45) is -1.04. The van der Waals surface area contributed by atoms with Crippen LogP contribution < -0.4 is 5.32 Å². The first-order valence-electron chi connectivity index (χ1n) is 12.4. The molecule has 0 aliphatic carbocycles. The summed E-state index contributed by atoms with van der Waals surface area (Å²) in [5, 5.41) is 17.8. The van der Waals surface area contributed by atoms with Gasteiger partial charge in [0.2, 0.25) is 11.8 Å². The number of carbonyl (C=O) groups excluding carboxylic acids is 1. The van der Waals surface area contributed by atoms with Crippen LogP contribution in [0.2, 0.25) is 0 Å². The van der Waals surface area contributed by atoms with Gasteiger partial charge in [-0.3, -0.25) is 9.69 Å². The smallest absolute Gasteiger partial charge is 0.238 e. The van der Waals surface area contributed by atoms with Gasteiger partial charge in [0.1, 0.15) is 11.6 Å². The number of para-hydroxylation sites is 2. The van der Waals surface area contributed by atoms with E-state index in [0.717, 1.165) is 5.75 Å². The zero-order chi connectivity index (χ0) is 26.2. The van der Waals surface area contributed by atoms with Gasteiger partial charge in [0.25, 0.3) is 0 Å². The van der Waals surface area contributed by atoms with Crippen LogP contribution in [0.25, 0.3) is 11.1 Å². The summed E-state index contributed by atoms with van der Waals surface area (Å²) in [6.45, 7) is 1.37. The lowest BCUT2D eigenvalue weighted by Gasteiger charge is -2.30. The number of hydrogen-bond acceptors (Lipinski definition) is 8. The van der Waals surface area contributed by atoms with E-state index in [4.69, 9.17) is 4.42 Å². The van der Waals surface area contributed by atoms with E-state index in [-0.39, 0.29) is 24.4 Å². The molecule has 3 heterocycles. The SMILES string of the molecule is O=C(NCC(O)c1nc2ccccc2o1)C(CSCc1ccccc1)N(Cc1cccs1)Cc1cccs1. The standard InChI is InChI=1S/C29H29N3O3S3/c33-26(29-31-24-12-4-5-13-27(24)35-29)16-30-28(34)25(20-36-19-21-8-2-1-3-9-21)32(17-22-10-6-14-37-22)18-23-11-7-15-38-23/h1-15,25-26,33H,16-20H2,(H,30,34). The van der Waals surface area contributed by atoms with Gasteiger partial charge in [-0.15, -0.1) is 22.7 Å². The Morgan fingerprint density at radius 1 is 0.947 bits per heavy atom. The van der Waals surface area contributed by atoms with Crippen molar-refractivity contribution < 1.29 is 14.3 Å². The number of rotatable bonds is 13. The van der Waals surface area contributed by atoms with E-state index in [1.54, 1.807) is 34.4 Å². The molecule has 0 saturated carbocycles. The number of oxazole rings is 1. The fourth-order valence-electron chi connectivity index (χ4n) is 4.13. The number of hydrogen-bond donors (Lipinski definition) is 2. The third kappa shape index (κ3) is 7.12. The highest BCUT2D eigenvalue weighted by Gasteiger charge is 2.28. The maximum absolute atomic E-state index is 13.7. The van der Waals surface area contributed by atoms with Crippen LogP contribution >= 0.6 is 34.4 Å². The molecule has 0 aliphatic heterocycles. The molecule has 0 spiro atoms. The van der Waals surface area contributed by atoms with Gasteiger partial charge in [0.05, 0.1) is 12.6 Å². The Morgan fingerprint density at radius 2 is 1.63 bits per heavy atom. The number of thioether (sulfide) groups is 1. The van der Waals surface area contributed by atoms with Crippen LogP contribution in [0.3, 0.4) is 0 Å². The Labute approximate surface area is 234 Å². The molecule has 5 rings (SSSR count). The molecule has 1 amide bonds. The number of thiophene rings is 2. The van der Waals surface area contributed by atoms with Crippen molar-refractivity contribution in [2.24, 2.45) is 0 Å². The van der Waals surface area contributed by atoms with Gasteiger partial charge in [-0.2, -0.15) is 11.8 Å². The van der Waals surface area contributed by atoms with E-state index in [2.05, 4.69) is 50.2 Å². The fraction of sp³-hybridized carbons (Fsp3) is 0.241. The number of nitrogens with one attached hydrogen (secondary N) is 1. The molecule has 9 heteroatoms. The Bertz CT molecular complexity index is 1340. The van der Waals surface area contributed by atoms with Crippen LogP contribution in [0, 0.1) is 0 Å². The molecule has 0 bridgehead atoms. The van der Waals surface area contributed by atoms with Gasteiger partial charge in [-0.05, 0) is 40.6 Å². The monoisotopic (exact) mass is 563 g/mol. The van der Waals surface area contributed by atoms with Gasteiger partial charge in [0.15, 0.2) is 5.58 Å². The van der Waals surface area contributed by atoms with Crippen molar-refractivity contribution in [3.63, 3.8) is 0 Å². The molecule has 2 N–H and O–H groups in total. The number of nitrogens with zero attached hydrogens (tertiary/aromatic N) is 2. The molecule has 0 fully saturated rings. The van der Waals surface area contributed by atoms with Gasteiger partial charge in [0, 0.05) is 34.3 Å². The molecule has 2 atom stereocenters. The molecule has 0 saturated heterocycles. The minimum Gasteiger partial charge on any atom is -0.438 e. The highest BCUT2D eigenvalue weighted by molar-refractivity contribution is 7.98. The Morgan fingerprint density at radius 3 is 2.29 bits per heavy atom. The topological polar surface area (TPSA) is 78.6 Å². The Kier molecular flexibility index (Phi) is 9.27. The highest BCUT2D eigenvalue weighted by Crippen LogP contribution is 2.24. The van der Waals surface area contributed by atoms with Crippen molar-refractivity contribution >= 4 is 51.4 Å². The van der Waals surface area contributed by atoms with Crippen LogP contribution in [0.1, 0.15) is 27.3 Å². The minimum absolute atomic E-state index is 0.0251. The Balaban J connectivity index is 1.31. The first-order valence-corrected chi connectivity index (χ1v) is 15.3. The zero-order valence-corrected chi connectivity index (χ0v) is 23.2. The van der Waals surface area contributed by atoms with Crippen molar-refractivity contribution in [1.82, 2.24) is 15.2 Å². The molecule has 0 radical (unpaired) electrons. The van der Waals surface area contributed by atoms with Crippen LogP contribution in [0.4, 0.5) is 0 Å². The van der Waals surface area contributed by atoms with Crippen molar-refractivity contribution in [3.05, 3.63) is 111 Å². The van der Waals surface area contributed by atoms with E-state index >= 15 is 0 Å². The van der Waals surface area contributed by atoms with E-state index in [9.17, 15) is 9.90 Å². The number of carbonyl (C=O) groups is 1. The van der Waals surface area contributed by atoms with E-state index < -0.39 is 6.10 Å². The second kappa shape index (κ2) is 13.2. The van der Waals surface area contributed by atoms with Gasteiger partial charge in [-0.1, -0.05) is 54.6 Å². The van der Waals surface area contributed by atoms with E-state index in [0.29, 0.717) is 29.9 Å². The number of aliphatic hydroxyl groups excluding tert-OH is 1. The average molecular weight is 564 g/mol. The van der Waals surface area contributed by atoms with E-state index in [1.165, 1.54) is 15.3 Å². The second-order valence-electron chi connectivity index (χ2n) is 8.86. The first kappa shape index (κ1) is 26.6. The van der Waals surface area contributed by atoms with Crippen LogP contribution in [-0.4, -0.2) is 39.2 Å². The van der Waals surface area contributed by atoms with Crippen molar-refractivity contribution in [2.75, 3.05) is 12.3 Å². The number of fused-ring (bicyclic) bond motifs is 1. The van der Waals surface area contributed by atoms with Gasteiger partial charge >= 0.3 is 0 Å². The van der Waals surface area contributed by atoms with Crippen LogP contribution in [-0.2, 0) is 23.6 Å². The third-order valence-corrected chi connectivity index (χ3v) is 8.89. The van der Waals surface area contributed by atoms with Crippen molar-refractivity contribution in [2.45, 2.75) is 31.0 Å². The quantitative estimate of drug-likeness (QED) is 0.180. The minimum atomic E-state index is -1.04. The number of aliphatic hydroxyl groups is 1. The molecule has 3 aromatic heterocycles. The molecule has 0 aliphatic rings. The van der Waals surface area contributed by atoms with E-state index in [1.807, 2.05) is 54.6 Å². The van der Waals surface area contributed by atoms with Gasteiger partial charge < -0.3 is 14.8 Å². The molecule has 196 valence electrons.